The Balaban J connectivity index is 2.43. The highest BCUT2D eigenvalue weighted by Crippen LogP contribution is 2.30. The number of halogens is 1. The summed E-state index contributed by atoms with van der Waals surface area (Å²) in [6, 6.07) is 7.97. The van der Waals surface area contributed by atoms with Gasteiger partial charge in [-0.3, -0.25) is 0 Å². The van der Waals surface area contributed by atoms with Crippen molar-refractivity contribution in [3.05, 3.63) is 34.5 Å². The van der Waals surface area contributed by atoms with Crippen LogP contribution in [-0.2, 0) is 0 Å². The van der Waals surface area contributed by atoms with Gasteiger partial charge in [0.25, 0.3) is 0 Å². The van der Waals surface area contributed by atoms with E-state index in [1.54, 1.807) is 0 Å². The fraction of sp³-hybridized carbons (Fsp3) is 0.333. The molecule has 3 heteroatoms. The van der Waals surface area contributed by atoms with Crippen molar-refractivity contribution in [2.75, 3.05) is 0 Å². The zero-order valence-electron chi connectivity index (χ0n) is 8.66. The van der Waals surface area contributed by atoms with Crippen LogP contribution in [0.5, 0.6) is 0 Å². The van der Waals surface area contributed by atoms with Gasteiger partial charge in [0.15, 0.2) is 0 Å². The quantitative estimate of drug-likeness (QED) is 0.913. The number of fused-ring (bicyclic) bond motifs is 1. The predicted octanol–water partition coefficient (Wildman–Crippen LogP) is 4.00. The van der Waals surface area contributed by atoms with Gasteiger partial charge >= 0.3 is 0 Å². The molecule has 0 bridgehead atoms. The van der Waals surface area contributed by atoms with Gasteiger partial charge in [-0.15, -0.1) is 0 Å². The zero-order valence-corrected chi connectivity index (χ0v) is 10.3. The molecule has 1 aromatic heterocycles. The van der Waals surface area contributed by atoms with Gasteiger partial charge in [0.2, 0.25) is 0 Å². The van der Waals surface area contributed by atoms with Crippen molar-refractivity contribution in [2.24, 2.45) is 5.73 Å². The van der Waals surface area contributed by atoms with Gasteiger partial charge in [0.05, 0.1) is 6.04 Å². The van der Waals surface area contributed by atoms with Gasteiger partial charge in [-0.2, -0.15) is 0 Å². The van der Waals surface area contributed by atoms with Gasteiger partial charge in [0, 0.05) is 9.86 Å². The second-order valence-corrected chi connectivity index (χ2v) is 4.55. The van der Waals surface area contributed by atoms with Crippen molar-refractivity contribution < 1.29 is 4.42 Å². The van der Waals surface area contributed by atoms with Crippen LogP contribution in [0.3, 0.4) is 0 Å². The van der Waals surface area contributed by atoms with E-state index in [0.717, 1.165) is 34.0 Å². The van der Waals surface area contributed by atoms with Crippen molar-refractivity contribution in [1.29, 1.82) is 0 Å². The van der Waals surface area contributed by atoms with Crippen LogP contribution in [0.2, 0.25) is 0 Å². The first-order valence-corrected chi connectivity index (χ1v) is 5.95. The molecule has 15 heavy (non-hydrogen) atoms. The lowest BCUT2D eigenvalue weighted by atomic mass is 10.1. The average molecular weight is 268 g/mol. The zero-order chi connectivity index (χ0) is 10.8. The second-order valence-electron chi connectivity index (χ2n) is 3.70. The van der Waals surface area contributed by atoms with Crippen LogP contribution in [-0.4, -0.2) is 0 Å². The predicted molar refractivity (Wildman–Crippen MR) is 65.8 cm³/mol. The van der Waals surface area contributed by atoms with Gasteiger partial charge in [-0.25, -0.2) is 0 Å². The molecule has 0 aliphatic carbocycles. The van der Waals surface area contributed by atoms with Crippen LogP contribution in [0.1, 0.15) is 31.6 Å². The van der Waals surface area contributed by atoms with Crippen LogP contribution in [0.15, 0.2) is 33.2 Å². The van der Waals surface area contributed by atoms with E-state index in [-0.39, 0.29) is 6.04 Å². The van der Waals surface area contributed by atoms with Gasteiger partial charge < -0.3 is 10.2 Å². The second kappa shape index (κ2) is 4.37. The Morgan fingerprint density at radius 2 is 2.27 bits per heavy atom. The standard InChI is InChI=1S/C12H14BrNO/c1-2-4-10(14)12-7-8-9(13)5-3-6-11(8)15-12/h3,5-7,10H,2,4,14H2,1H3/t10-/m0/s1. The molecule has 0 aliphatic heterocycles. The van der Waals surface area contributed by atoms with Crippen molar-refractivity contribution in [1.82, 2.24) is 0 Å². The highest BCUT2D eigenvalue weighted by Gasteiger charge is 2.12. The van der Waals surface area contributed by atoms with E-state index in [9.17, 15) is 0 Å². The molecule has 0 spiro atoms. The molecule has 0 radical (unpaired) electrons. The molecular formula is C12H14BrNO. The summed E-state index contributed by atoms with van der Waals surface area (Å²) in [7, 11) is 0. The SMILES string of the molecule is CCC[C@H](N)c1cc2c(Br)cccc2o1. The third-order valence-corrected chi connectivity index (χ3v) is 3.18. The van der Waals surface area contributed by atoms with E-state index >= 15 is 0 Å². The minimum absolute atomic E-state index is 0.00861. The van der Waals surface area contributed by atoms with Crippen LogP contribution in [0, 0.1) is 0 Å². The Labute approximate surface area is 97.6 Å². The van der Waals surface area contributed by atoms with E-state index in [1.807, 2.05) is 24.3 Å². The Hall–Kier alpha value is -0.800. The highest BCUT2D eigenvalue weighted by molar-refractivity contribution is 9.10. The number of hydrogen-bond donors (Lipinski definition) is 1. The van der Waals surface area contributed by atoms with E-state index < -0.39 is 0 Å². The smallest absolute Gasteiger partial charge is 0.135 e. The number of nitrogens with two attached hydrogens (primary N) is 1. The van der Waals surface area contributed by atoms with E-state index in [2.05, 4.69) is 22.9 Å². The minimum Gasteiger partial charge on any atom is -0.459 e. The summed E-state index contributed by atoms with van der Waals surface area (Å²) in [6.07, 6.45) is 2.02. The Bertz CT molecular complexity index is 464. The summed E-state index contributed by atoms with van der Waals surface area (Å²) in [5.41, 5.74) is 6.90. The van der Waals surface area contributed by atoms with Crippen LogP contribution >= 0.6 is 15.9 Å². The van der Waals surface area contributed by atoms with Crippen molar-refractivity contribution >= 4 is 26.9 Å². The molecule has 0 saturated heterocycles. The third-order valence-electron chi connectivity index (χ3n) is 2.49. The number of rotatable bonds is 3. The summed E-state index contributed by atoms with van der Waals surface area (Å²) >= 11 is 3.50. The first kappa shape index (κ1) is 10.7. The van der Waals surface area contributed by atoms with Crippen molar-refractivity contribution in [3.8, 4) is 0 Å². The van der Waals surface area contributed by atoms with Gasteiger partial charge in [0.1, 0.15) is 11.3 Å². The van der Waals surface area contributed by atoms with Crippen LogP contribution in [0.25, 0.3) is 11.0 Å². The summed E-state index contributed by atoms with van der Waals surface area (Å²) in [6.45, 7) is 2.12. The maximum absolute atomic E-state index is 6.01. The summed E-state index contributed by atoms with van der Waals surface area (Å²) in [5, 5.41) is 1.10. The molecule has 2 N–H and O–H groups in total. The number of furan rings is 1. The first-order chi connectivity index (χ1) is 7.22. The molecular weight excluding hydrogens is 254 g/mol. The molecule has 80 valence electrons. The lowest BCUT2D eigenvalue weighted by molar-refractivity contribution is 0.475. The molecule has 1 aromatic carbocycles. The molecule has 2 rings (SSSR count). The van der Waals surface area contributed by atoms with Crippen molar-refractivity contribution in [3.63, 3.8) is 0 Å². The molecule has 1 atom stereocenters. The molecule has 0 fully saturated rings. The van der Waals surface area contributed by atoms with E-state index in [4.69, 9.17) is 10.2 Å². The molecule has 1 heterocycles. The van der Waals surface area contributed by atoms with Crippen LogP contribution < -0.4 is 5.73 Å². The monoisotopic (exact) mass is 267 g/mol. The first-order valence-electron chi connectivity index (χ1n) is 5.16. The van der Waals surface area contributed by atoms with Crippen LogP contribution in [0.4, 0.5) is 0 Å². The van der Waals surface area contributed by atoms with Gasteiger partial charge in [-0.05, 0) is 24.6 Å². The molecule has 0 saturated carbocycles. The molecule has 0 unspecified atom stereocenters. The summed E-state index contributed by atoms with van der Waals surface area (Å²) in [5.74, 6) is 0.874. The normalized spacial score (nSPS) is 13.3. The molecule has 0 amide bonds. The van der Waals surface area contributed by atoms with E-state index in [0.29, 0.717) is 0 Å². The van der Waals surface area contributed by atoms with Crippen molar-refractivity contribution in [2.45, 2.75) is 25.8 Å². The Morgan fingerprint density at radius 3 is 2.93 bits per heavy atom. The fourth-order valence-corrected chi connectivity index (χ4v) is 2.14. The summed E-state index contributed by atoms with van der Waals surface area (Å²) < 4.78 is 6.76. The average Bonchev–Trinajstić information content (AvgIpc) is 2.63. The number of hydrogen-bond acceptors (Lipinski definition) is 2. The molecule has 2 aromatic rings. The topological polar surface area (TPSA) is 39.2 Å². The van der Waals surface area contributed by atoms with Gasteiger partial charge in [-0.1, -0.05) is 35.3 Å². The Morgan fingerprint density at radius 1 is 1.47 bits per heavy atom. The maximum Gasteiger partial charge on any atom is 0.135 e. The largest absolute Gasteiger partial charge is 0.459 e. The highest BCUT2D eigenvalue weighted by atomic mass is 79.9. The Kier molecular flexibility index (Phi) is 3.12. The minimum atomic E-state index is 0.00861. The molecule has 2 nitrogen and oxygen atoms in total. The maximum atomic E-state index is 6.01. The fourth-order valence-electron chi connectivity index (χ4n) is 1.68. The third kappa shape index (κ3) is 2.08. The molecule has 0 aliphatic rings. The lowest BCUT2D eigenvalue weighted by Crippen LogP contribution is -2.08. The number of benzene rings is 1. The van der Waals surface area contributed by atoms with E-state index in [1.165, 1.54) is 0 Å². The lowest BCUT2D eigenvalue weighted by Gasteiger charge is -2.04. The summed E-state index contributed by atoms with van der Waals surface area (Å²) in [4.78, 5) is 0.